The number of carbonyl (C=O) groups excluding carboxylic acids is 2. The summed E-state index contributed by atoms with van der Waals surface area (Å²) in [4.78, 5) is 21.9. The SMILES string of the molecule is COC(=O)C1CCCCC1.NN.NNC(=O)C1CCCCC1.O. The average molecular weight is 334 g/mol. The van der Waals surface area contributed by atoms with E-state index >= 15 is 0 Å². The van der Waals surface area contributed by atoms with Crippen molar-refractivity contribution in [1.82, 2.24) is 5.43 Å². The maximum absolute atomic E-state index is 10.9. The van der Waals surface area contributed by atoms with E-state index in [1.807, 2.05) is 0 Å². The van der Waals surface area contributed by atoms with Crippen molar-refractivity contribution in [1.29, 1.82) is 0 Å². The Hall–Kier alpha value is -1.22. The number of rotatable bonds is 2. The van der Waals surface area contributed by atoms with Crippen LogP contribution in [0.15, 0.2) is 0 Å². The van der Waals surface area contributed by atoms with E-state index in [2.05, 4.69) is 21.8 Å². The van der Waals surface area contributed by atoms with Gasteiger partial charge in [0.15, 0.2) is 0 Å². The fraction of sp³-hybridized carbons (Fsp3) is 0.867. The molecule has 0 saturated heterocycles. The van der Waals surface area contributed by atoms with Crippen LogP contribution in [0.25, 0.3) is 0 Å². The summed E-state index contributed by atoms with van der Waals surface area (Å²) in [5, 5.41) is 0. The first-order valence-corrected chi connectivity index (χ1v) is 8.10. The van der Waals surface area contributed by atoms with Crippen molar-refractivity contribution in [3.05, 3.63) is 0 Å². The van der Waals surface area contributed by atoms with Crippen LogP contribution in [0.1, 0.15) is 64.2 Å². The predicted molar refractivity (Wildman–Crippen MR) is 89.5 cm³/mol. The van der Waals surface area contributed by atoms with Gasteiger partial charge in [-0.25, -0.2) is 5.84 Å². The van der Waals surface area contributed by atoms with Crippen LogP contribution in [-0.2, 0) is 14.3 Å². The Morgan fingerprint density at radius 3 is 1.61 bits per heavy atom. The van der Waals surface area contributed by atoms with Crippen molar-refractivity contribution in [3.8, 4) is 0 Å². The van der Waals surface area contributed by atoms with E-state index in [0.717, 1.165) is 25.7 Å². The minimum absolute atomic E-state index is 0. The Morgan fingerprint density at radius 1 is 0.870 bits per heavy atom. The summed E-state index contributed by atoms with van der Waals surface area (Å²) in [5.74, 6) is 13.4. The van der Waals surface area contributed by atoms with Crippen molar-refractivity contribution in [2.24, 2.45) is 29.4 Å². The number of hydrazine groups is 2. The molecule has 0 atom stereocenters. The number of carbonyl (C=O) groups is 2. The molecule has 8 nitrogen and oxygen atoms in total. The van der Waals surface area contributed by atoms with Crippen molar-refractivity contribution in [2.75, 3.05) is 7.11 Å². The van der Waals surface area contributed by atoms with Crippen molar-refractivity contribution < 1.29 is 19.8 Å². The number of methoxy groups -OCH3 is 1. The average Bonchev–Trinajstić information content (AvgIpc) is 2.64. The maximum Gasteiger partial charge on any atom is 0.308 e. The second-order valence-electron chi connectivity index (χ2n) is 5.70. The molecule has 2 fully saturated rings. The lowest BCUT2D eigenvalue weighted by Crippen LogP contribution is -2.36. The Labute approximate surface area is 138 Å². The number of ether oxygens (including phenoxy) is 1. The lowest BCUT2D eigenvalue weighted by Gasteiger charge is -2.19. The van der Waals surface area contributed by atoms with Crippen LogP contribution in [0.2, 0.25) is 0 Å². The van der Waals surface area contributed by atoms with Crippen LogP contribution < -0.4 is 23.0 Å². The summed E-state index contributed by atoms with van der Waals surface area (Å²) < 4.78 is 4.65. The molecule has 0 unspecified atom stereocenters. The van der Waals surface area contributed by atoms with Gasteiger partial charge in [0.25, 0.3) is 0 Å². The van der Waals surface area contributed by atoms with Gasteiger partial charge in [-0.15, -0.1) is 0 Å². The minimum atomic E-state index is -0.0142. The molecule has 0 aliphatic heterocycles. The molecule has 138 valence electrons. The molecule has 2 saturated carbocycles. The number of hydrogen-bond acceptors (Lipinski definition) is 6. The van der Waals surface area contributed by atoms with Crippen LogP contribution in [0.4, 0.5) is 0 Å². The molecule has 0 bridgehead atoms. The van der Waals surface area contributed by atoms with E-state index in [4.69, 9.17) is 5.84 Å². The summed E-state index contributed by atoms with van der Waals surface area (Å²) >= 11 is 0. The van der Waals surface area contributed by atoms with Crippen LogP contribution in [0.3, 0.4) is 0 Å². The lowest BCUT2D eigenvalue weighted by atomic mass is 9.89. The fourth-order valence-corrected chi connectivity index (χ4v) is 2.99. The Bertz CT molecular complexity index is 274. The van der Waals surface area contributed by atoms with E-state index in [9.17, 15) is 9.59 Å². The molecule has 0 radical (unpaired) electrons. The Balaban J connectivity index is 0. The number of nitrogens with two attached hydrogens (primary N) is 3. The number of esters is 1. The van der Waals surface area contributed by atoms with E-state index < -0.39 is 0 Å². The number of hydrogen-bond donors (Lipinski definition) is 4. The second-order valence-corrected chi connectivity index (χ2v) is 5.70. The monoisotopic (exact) mass is 334 g/mol. The van der Waals surface area contributed by atoms with Crippen molar-refractivity contribution >= 4 is 11.9 Å². The van der Waals surface area contributed by atoms with Gasteiger partial charge in [-0.1, -0.05) is 38.5 Å². The molecule has 0 aromatic rings. The molecule has 0 aromatic carbocycles. The first-order valence-electron chi connectivity index (χ1n) is 8.10. The van der Waals surface area contributed by atoms with Gasteiger partial charge in [0.2, 0.25) is 5.91 Å². The zero-order valence-electron chi connectivity index (χ0n) is 14.2. The third-order valence-corrected chi connectivity index (χ3v) is 4.26. The molecule has 1 amide bonds. The molecule has 8 heteroatoms. The minimum Gasteiger partial charge on any atom is -0.469 e. The van der Waals surface area contributed by atoms with Gasteiger partial charge in [0.1, 0.15) is 0 Å². The molecule has 2 rings (SSSR count). The van der Waals surface area contributed by atoms with Gasteiger partial charge in [-0.2, -0.15) is 0 Å². The summed E-state index contributed by atoms with van der Waals surface area (Å²) in [6.07, 6.45) is 11.4. The second kappa shape index (κ2) is 15.7. The zero-order valence-corrected chi connectivity index (χ0v) is 14.2. The van der Waals surface area contributed by atoms with E-state index in [-0.39, 0.29) is 29.2 Å². The van der Waals surface area contributed by atoms with E-state index in [0.29, 0.717) is 0 Å². The zero-order chi connectivity index (χ0) is 16.8. The summed E-state index contributed by atoms with van der Waals surface area (Å²) in [6, 6.07) is 0. The van der Waals surface area contributed by atoms with Crippen LogP contribution in [0, 0.1) is 11.8 Å². The molecular formula is C15H34N4O4. The van der Waals surface area contributed by atoms with Crippen LogP contribution >= 0.6 is 0 Å². The van der Waals surface area contributed by atoms with Gasteiger partial charge in [0, 0.05) is 5.92 Å². The highest BCUT2D eigenvalue weighted by Crippen LogP contribution is 2.24. The third-order valence-electron chi connectivity index (χ3n) is 4.26. The standard InChI is InChI=1S/C8H14O2.C7H14N2O.H4N2.H2O/c1-10-8(9)7-5-3-2-4-6-7;8-9-7(10)6-4-2-1-3-5-6;1-2;/h7H,2-6H2,1H3;6H,1-5,8H2,(H,9,10);1-2H2;1H2. The third kappa shape index (κ3) is 10.2. The Morgan fingerprint density at radius 2 is 1.26 bits per heavy atom. The summed E-state index contributed by atoms with van der Waals surface area (Å²) in [7, 11) is 1.47. The van der Waals surface area contributed by atoms with E-state index in [1.165, 1.54) is 45.6 Å². The van der Waals surface area contributed by atoms with Gasteiger partial charge in [-0.05, 0) is 25.7 Å². The topological polar surface area (TPSA) is 165 Å². The predicted octanol–water partition coefficient (Wildman–Crippen LogP) is 0.290. The first-order chi connectivity index (χ1) is 10.7. The van der Waals surface area contributed by atoms with Crippen LogP contribution in [-0.4, -0.2) is 24.5 Å². The molecular weight excluding hydrogens is 300 g/mol. The molecule has 9 N–H and O–H groups in total. The normalized spacial score (nSPS) is 18.1. The number of amides is 1. The molecule has 2 aliphatic rings. The maximum atomic E-state index is 10.9. The number of nitrogens with one attached hydrogen (secondary N) is 1. The van der Waals surface area contributed by atoms with Gasteiger partial charge < -0.3 is 10.2 Å². The lowest BCUT2D eigenvalue weighted by molar-refractivity contribution is -0.146. The van der Waals surface area contributed by atoms with Crippen LogP contribution in [0.5, 0.6) is 0 Å². The highest BCUT2D eigenvalue weighted by atomic mass is 16.5. The first kappa shape index (κ1) is 24.0. The van der Waals surface area contributed by atoms with Crippen molar-refractivity contribution in [2.45, 2.75) is 64.2 Å². The van der Waals surface area contributed by atoms with Gasteiger partial charge in [-0.3, -0.25) is 26.7 Å². The van der Waals surface area contributed by atoms with Crippen molar-refractivity contribution in [3.63, 3.8) is 0 Å². The summed E-state index contributed by atoms with van der Waals surface area (Å²) in [6.45, 7) is 0. The largest absolute Gasteiger partial charge is 0.469 e. The Kier molecular flexibility index (Phi) is 16.4. The molecule has 0 heterocycles. The highest BCUT2D eigenvalue weighted by molar-refractivity contribution is 5.77. The van der Waals surface area contributed by atoms with E-state index in [1.54, 1.807) is 0 Å². The summed E-state index contributed by atoms with van der Waals surface area (Å²) in [5.41, 5.74) is 2.20. The quantitative estimate of drug-likeness (QED) is 0.245. The van der Waals surface area contributed by atoms with Gasteiger partial charge >= 0.3 is 5.97 Å². The highest BCUT2D eigenvalue weighted by Gasteiger charge is 2.21. The fourth-order valence-electron chi connectivity index (χ4n) is 2.99. The molecule has 0 spiro atoms. The van der Waals surface area contributed by atoms with Gasteiger partial charge in [0.05, 0.1) is 13.0 Å². The molecule has 0 aromatic heterocycles. The molecule has 23 heavy (non-hydrogen) atoms. The smallest absolute Gasteiger partial charge is 0.308 e. The molecule has 2 aliphatic carbocycles.